The standard InChI is InChI=1S/C64H51N7O6S2/c1-75-53-36-33-44(34-37-53)40-76-61(74)57-46(35-32-45-38-65-43-66-39-45)41-78-60-56(59(73)71(57)60)68-58(72)55(70-77-64(50-26-14-5-15-27-50,51-28-16-6-17-29-51)52-30-18-7-19-31-52)54-42-79-62(67-54)69-63(47-20-8-2-9-21-47,48-22-10-3-11-23-48)49-24-12-4-13-25-49/h2-39,42-43,56,60H,40-41H2,1H3,(H,67,69)(H,68,72)/b35-32-,70-55+/t56-,60-/m1/s1. The van der Waals surface area contributed by atoms with Crippen molar-refractivity contribution in [3.05, 3.63) is 298 Å². The minimum atomic E-state index is -1.38. The van der Waals surface area contributed by atoms with Gasteiger partial charge >= 0.3 is 5.97 Å². The van der Waals surface area contributed by atoms with Gasteiger partial charge < -0.3 is 24.9 Å². The predicted molar refractivity (Wildman–Crippen MR) is 308 cm³/mol. The Morgan fingerprint density at radius 3 is 1.70 bits per heavy atom. The highest BCUT2D eigenvalue weighted by molar-refractivity contribution is 8.00. The number of carbonyl (C=O) groups excluding carboxylic acids is 3. The number of nitrogens with one attached hydrogen (secondary N) is 2. The average Bonchev–Trinajstić information content (AvgIpc) is 4.15. The van der Waals surface area contributed by atoms with Gasteiger partial charge in [-0.2, -0.15) is 0 Å². The predicted octanol–water partition coefficient (Wildman–Crippen LogP) is 11.2. The Kier molecular flexibility index (Phi) is 15.3. The van der Waals surface area contributed by atoms with Crippen LogP contribution in [0.2, 0.25) is 0 Å². The summed E-state index contributed by atoms with van der Waals surface area (Å²) in [6.45, 7) is -0.0558. The number of amides is 2. The van der Waals surface area contributed by atoms with Crippen molar-refractivity contribution in [3.8, 4) is 5.75 Å². The van der Waals surface area contributed by atoms with Crippen LogP contribution in [0, 0.1) is 0 Å². The van der Waals surface area contributed by atoms with Gasteiger partial charge in [-0.05, 0) is 40.0 Å². The Bertz CT molecular complexity index is 3460. The Hall–Kier alpha value is -9.44. The lowest BCUT2D eigenvalue weighted by atomic mass is 9.77. The van der Waals surface area contributed by atoms with Crippen LogP contribution in [0.4, 0.5) is 5.13 Å². The first kappa shape index (κ1) is 51.7. The minimum absolute atomic E-state index is 0.0558. The Morgan fingerprint density at radius 2 is 1.19 bits per heavy atom. The number of carbonyl (C=O) groups is 3. The average molecular weight is 1080 g/mol. The number of thioether (sulfide) groups is 1. The van der Waals surface area contributed by atoms with Gasteiger partial charge in [0, 0.05) is 45.8 Å². The SMILES string of the molecule is COc1ccc(COC(=O)C2=C(/C=C\c3cncnc3)CS[C@@H]3[C@H](NC(=O)/C(=N/OC(c4ccccc4)(c4ccccc4)c4ccccc4)c4csc(NC(c5ccccc5)(c5ccccc5)c5ccccc5)n4)C(=O)N23)cc1. The highest BCUT2D eigenvalue weighted by Gasteiger charge is 2.55. The molecule has 0 radical (unpaired) electrons. The molecule has 2 N–H and O–H groups in total. The second-order valence-electron chi connectivity index (χ2n) is 18.5. The summed E-state index contributed by atoms with van der Waals surface area (Å²) in [5.41, 5.74) is 4.88. The molecule has 0 unspecified atom stereocenters. The second-order valence-corrected chi connectivity index (χ2v) is 20.4. The molecule has 4 heterocycles. The lowest BCUT2D eigenvalue weighted by Gasteiger charge is -2.49. The van der Waals surface area contributed by atoms with E-state index in [9.17, 15) is 9.59 Å². The number of hydrogen-bond donors (Lipinski definition) is 2. The first-order valence-electron chi connectivity index (χ1n) is 25.4. The molecule has 390 valence electrons. The van der Waals surface area contributed by atoms with Crippen molar-refractivity contribution in [3.63, 3.8) is 0 Å². The van der Waals surface area contributed by atoms with Gasteiger partial charge in [-0.1, -0.05) is 211 Å². The zero-order valence-electron chi connectivity index (χ0n) is 42.7. The van der Waals surface area contributed by atoms with Gasteiger partial charge in [0.2, 0.25) is 5.60 Å². The molecule has 13 nitrogen and oxygen atoms in total. The summed E-state index contributed by atoms with van der Waals surface area (Å²) in [5.74, 6) is -0.961. The van der Waals surface area contributed by atoms with Gasteiger partial charge in [0.25, 0.3) is 11.8 Å². The van der Waals surface area contributed by atoms with Gasteiger partial charge in [0.15, 0.2) is 10.8 Å². The van der Waals surface area contributed by atoms with Crippen LogP contribution >= 0.6 is 23.1 Å². The van der Waals surface area contributed by atoms with Crippen LogP contribution in [-0.4, -0.2) is 67.6 Å². The first-order valence-corrected chi connectivity index (χ1v) is 27.3. The fourth-order valence-electron chi connectivity index (χ4n) is 9.88. The van der Waals surface area contributed by atoms with E-state index in [1.165, 1.54) is 34.3 Å². The number of ether oxygens (including phenoxy) is 2. The van der Waals surface area contributed by atoms with E-state index in [1.54, 1.807) is 61.3 Å². The van der Waals surface area contributed by atoms with E-state index in [0.717, 1.165) is 38.9 Å². The number of esters is 1. The van der Waals surface area contributed by atoms with Gasteiger partial charge in [0.1, 0.15) is 47.0 Å². The van der Waals surface area contributed by atoms with E-state index < -0.39 is 40.3 Å². The molecule has 2 atom stereocenters. The van der Waals surface area contributed by atoms with Gasteiger partial charge in [-0.25, -0.2) is 19.7 Å². The second kappa shape index (κ2) is 23.4. The minimum Gasteiger partial charge on any atom is -0.497 e. The molecule has 0 spiro atoms. The summed E-state index contributed by atoms with van der Waals surface area (Å²) in [6, 6.07) is 65.6. The molecule has 2 aliphatic rings. The number of benzene rings is 7. The fourth-order valence-corrected chi connectivity index (χ4v) is 11.9. The largest absolute Gasteiger partial charge is 0.497 e. The maximum atomic E-state index is 15.4. The number of thiazole rings is 1. The number of fused-ring (bicyclic) bond motifs is 1. The molecule has 9 aromatic rings. The van der Waals surface area contributed by atoms with Crippen LogP contribution in [0.15, 0.2) is 253 Å². The Labute approximate surface area is 465 Å². The van der Waals surface area contributed by atoms with Crippen molar-refractivity contribution in [2.24, 2.45) is 5.16 Å². The molecule has 1 saturated heterocycles. The van der Waals surface area contributed by atoms with Crippen molar-refractivity contribution >= 4 is 57.8 Å². The van der Waals surface area contributed by atoms with Gasteiger partial charge in [0.05, 0.1) is 7.11 Å². The topological polar surface area (TPSA) is 157 Å². The molecule has 79 heavy (non-hydrogen) atoms. The molecule has 0 aliphatic carbocycles. The van der Waals surface area contributed by atoms with Crippen molar-refractivity contribution in [2.45, 2.75) is 29.2 Å². The first-order chi connectivity index (χ1) is 38.9. The van der Waals surface area contributed by atoms with E-state index in [1.807, 2.05) is 146 Å². The molecule has 2 aliphatic heterocycles. The number of β-lactam (4-membered cyclic amide) rings is 1. The maximum absolute atomic E-state index is 15.4. The summed E-state index contributed by atoms with van der Waals surface area (Å²) in [4.78, 5) is 66.2. The number of rotatable bonds is 19. The molecule has 1 fully saturated rings. The van der Waals surface area contributed by atoms with E-state index in [-0.39, 0.29) is 23.7 Å². The lowest BCUT2D eigenvalue weighted by molar-refractivity contribution is -0.153. The maximum Gasteiger partial charge on any atom is 0.355 e. The summed E-state index contributed by atoms with van der Waals surface area (Å²) in [5, 5.41) is 13.3. The Balaban J connectivity index is 0.981. The number of oxime groups is 1. The van der Waals surface area contributed by atoms with Crippen LogP contribution in [0.5, 0.6) is 5.75 Å². The molecule has 2 aromatic heterocycles. The molecule has 11 rings (SSSR count). The van der Waals surface area contributed by atoms with Crippen LogP contribution in [-0.2, 0) is 41.7 Å². The lowest BCUT2D eigenvalue weighted by Crippen LogP contribution is -2.71. The van der Waals surface area contributed by atoms with Crippen LogP contribution in [0.25, 0.3) is 6.08 Å². The van der Waals surface area contributed by atoms with E-state index in [4.69, 9.17) is 24.5 Å². The number of anilines is 1. The Morgan fingerprint density at radius 1 is 0.684 bits per heavy atom. The molecular weight excluding hydrogens is 1030 g/mol. The number of methoxy groups -OCH3 is 1. The molecular formula is C64H51N7O6S2. The molecule has 0 bridgehead atoms. The van der Waals surface area contributed by atoms with E-state index in [2.05, 4.69) is 57.0 Å². The molecule has 2 amide bonds. The van der Waals surface area contributed by atoms with Crippen LogP contribution in [0.1, 0.15) is 50.2 Å². The monoisotopic (exact) mass is 1080 g/mol. The molecule has 15 heteroatoms. The van der Waals surface area contributed by atoms with Crippen molar-refractivity contribution in [2.75, 3.05) is 18.2 Å². The fraction of sp³-hybridized carbons (Fsp3) is 0.109. The number of hydrogen-bond acceptors (Lipinski definition) is 13. The molecule has 0 saturated carbocycles. The van der Waals surface area contributed by atoms with Crippen LogP contribution in [0.3, 0.4) is 0 Å². The van der Waals surface area contributed by atoms with Crippen molar-refractivity contribution in [1.29, 1.82) is 0 Å². The number of nitrogens with zero attached hydrogens (tertiary/aromatic N) is 5. The summed E-state index contributed by atoms with van der Waals surface area (Å²) in [7, 11) is 1.58. The van der Waals surface area contributed by atoms with Gasteiger partial charge in [-0.15, -0.1) is 23.1 Å². The highest BCUT2D eigenvalue weighted by atomic mass is 32.2. The number of aromatic nitrogens is 3. The molecule has 7 aromatic carbocycles. The zero-order valence-corrected chi connectivity index (χ0v) is 44.3. The van der Waals surface area contributed by atoms with Crippen molar-refractivity contribution < 1.29 is 28.7 Å². The third-order valence-corrected chi connectivity index (χ3v) is 15.8. The third-order valence-electron chi connectivity index (χ3n) is 13.8. The van der Waals surface area contributed by atoms with Crippen LogP contribution < -0.4 is 15.4 Å². The van der Waals surface area contributed by atoms with Gasteiger partial charge in [-0.3, -0.25) is 14.5 Å². The normalized spacial score (nSPS) is 15.4. The highest BCUT2D eigenvalue weighted by Crippen LogP contribution is 2.44. The van der Waals surface area contributed by atoms with Crippen molar-refractivity contribution in [1.82, 2.24) is 25.2 Å². The summed E-state index contributed by atoms with van der Waals surface area (Å²) >= 11 is 2.71. The summed E-state index contributed by atoms with van der Waals surface area (Å²) < 4.78 is 11.2. The third kappa shape index (κ3) is 10.6. The van der Waals surface area contributed by atoms with E-state index in [0.29, 0.717) is 27.8 Å². The van der Waals surface area contributed by atoms with E-state index >= 15 is 4.79 Å². The smallest absolute Gasteiger partial charge is 0.355 e. The zero-order chi connectivity index (χ0) is 54.0. The number of allylic oxidation sites excluding steroid dienone is 1. The quantitative estimate of drug-likeness (QED) is 0.0261. The summed E-state index contributed by atoms with van der Waals surface area (Å²) in [6.07, 6.45) is 8.26.